The smallest absolute Gasteiger partial charge is 0.272 e. The number of fused-ring (bicyclic) bond motifs is 1. The van der Waals surface area contributed by atoms with E-state index in [4.69, 9.17) is 4.74 Å². The van der Waals surface area contributed by atoms with Crippen molar-refractivity contribution in [3.63, 3.8) is 0 Å². The SMILES string of the molecule is Cc1ccc2[nH]nc(C(=O)NCc3ccnc(OCc4ccccc4)c3)c2c1. The summed E-state index contributed by atoms with van der Waals surface area (Å²) in [5.74, 6) is 0.303. The molecule has 0 fully saturated rings. The van der Waals surface area contributed by atoms with Gasteiger partial charge in [0.1, 0.15) is 6.61 Å². The van der Waals surface area contributed by atoms with Crippen LogP contribution in [-0.4, -0.2) is 21.1 Å². The van der Waals surface area contributed by atoms with E-state index in [0.29, 0.717) is 24.7 Å². The summed E-state index contributed by atoms with van der Waals surface area (Å²) >= 11 is 0. The van der Waals surface area contributed by atoms with Crippen molar-refractivity contribution in [2.45, 2.75) is 20.1 Å². The molecule has 140 valence electrons. The average Bonchev–Trinajstić information content (AvgIpc) is 3.15. The van der Waals surface area contributed by atoms with E-state index in [1.807, 2.05) is 67.6 Å². The first-order valence-electron chi connectivity index (χ1n) is 9.03. The molecule has 2 aromatic heterocycles. The van der Waals surface area contributed by atoms with Crippen molar-refractivity contribution in [2.24, 2.45) is 0 Å². The van der Waals surface area contributed by atoms with E-state index in [1.54, 1.807) is 6.20 Å². The van der Waals surface area contributed by atoms with Gasteiger partial charge in [-0.25, -0.2) is 4.98 Å². The van der Waals surface area contributed by atoms with Gasteiger partial charge >= 0.3 is 0 Å². The molecule has 0 unspecified atom stereocenters. The van der Waals surface area contributed by atoms with E-state index in [-0.39, 0.29) is 5.91 Å². The summed E-state index contributed by atoms with van der Waals surface area (Å²) in [5.41, 5.74) is 4.30. The van der Waals surface area contributed by atoms with Crippen molar-refractivity contribution < 1.29 is 9.53 Å². The van der Waals surface area contributed by atoms with E-state index < -0.39 is 0 Å². The second kappa shape index (κ2) is 7.92. The van der Waals surface area contributed by atoms with Gasteiger partial charge in [0.25, 0.3) is 5.91 Å². The molecule has 0 saturated heterocycles. The van der Waals surface area contributed by atoms with Crippen molar-refractivity contribution in [3.8, 4) is 5.88 Å². The largest absolute Gasteiger partial charge is 0.473 e. The molecule has 0 atom stereocenters. The van der Waals surface area contributed by atoms with Gasteiger partial charge < -0.3 is 10.1 Å². The molecular weight excluding hydrogens is 352 g/mol. The van der Waals surface area contributed by atoms with Crippen molar-refractivity contribution in [1.82, 2.24) is 20.5 Å². The molecule has 4 rings (SSSR count). The van der Waals surface area contributed by atoms with Crippen LogP contribution in [0.4, 0.5) is 0 Å². The molecule has 28 heavy (non-hydrogen) atoms. The van der Waals surface area contributed by atoms with Crippen molar-refractivity contribution >= 4 is 16.8 Å². The summed E-state index contributed by atoms with van der Waals surface area (Å²) in [6, 6.07) is 19.4. The number of pyridine rings is 1. The van der Waals surface area contributed by atoms with Gasteiger partial charge in [-0.2, -0.15) is 5.10 Å². The Labute approximate surface area is 162 Å². The minimum absolute atomic E-state index is 0.222. The molecule has 6 heteroatoms. The molecular formula is C22H20N4O2. The number of hydrogen-bond donors (Lipinski definition) is 2. The molecule has 0 saturated carbocycles. The Hall–Kier alpha value is -3.67. The Morgan fingerprint density at radius 3 is 2.79 bits per heavy atom. The van der Waals surface area contributed by atoms with Crippen LogP contribution >= 0.6 is 0 Å². The Kier molecular flexibility index (Phi) is 5.01. The molecule has 0 aliphatic carbocycles. The van der Waals surface area contributed by atoms with Crippen LogP contribution in [0.5, 0.6) is 5.88 Å². The fourth-order valence-electron chi connectivity index (χ4n) is 2.94. The Bertz CT molecular complexity index is 1110. The van der Waals surface area contributed by atoms with Gasteiger partial charge in [0.2, 0.25) is 5.88 Å². The monoisotopic (exact) mass is 372 g/mol. The normalized spacial score (nSPS) is 10.8. The van der Waals surface area contributed by atoms with Gasteiger partial charge in [-0.3, -0.25) is 9.89 Å². The predicted octanol–water partition coefficient (Wildman–Crippen LogP) is 3.78. The number of hydrogen-bond acceptors (Lipinski definition) is 4. The Morgan fingerprint density at radius 1 is 1.07 bits per heavy atom. The third-order valence-corrected chi connectivity index (χ3v) is 4.42. The maximum Gasteiger partial charge on any atom is 0.272 e. The van der Waals surface area contributed by atoms with Crippen LogP contribution in [-0.2, 0) is 13.2 Å². The average molecular weight is 372 g/mol. The third-order valence-electron chi connectivity index (χ3n) is 4.42. The summed E-state index contributed by atoms with van der Waals surface area (Å²) < 4.78 is 5.74. The van der Waals surface area contributed by atoms with Gasteiger partial charge in [-0.1, -0.05) is 42.0 Å². The number of rotatable bonds is 6. The highest BCUT2D eigenvalue weighted by Gasteiger charge is 2.14. The molecule has 0 spiro atoms. The topological polar surface area (TPSA) is 79.9 Å². The van der Waals surface area contributed by atoms with E-state index >= 15 is 0 Å². The standard InChI is InChI=1S/C22H20N4O2/c1-15-7-8-19-18(11-15)21(26-25-19)22(27)24-13-17-9-10-23-20(12-17)28-14-16-5-3-2-4-6-16/h2-12H,13-14H2,1H3,(H,24,27)(H,25,26). The molecule has 0 aliphatic rings. The number of nitrogens with one attached hydrogen (secondary N) is 2. The number of amides is 1. The van der Waals surface area contributed by atoms with Crippen LogP contribution in [0.25, 0.3) is 10.9 Å². The maximum absolute atomic E-state index is 12.6. The summed E-state index contributed by atoms with van der Waals surface area (Å²) in [4.78, 5) is 16.8. The van der Waals surface area contributed by atoms with Gasteiger partial charge in [-0.15, -0.1) is 0 Å². The zero-order valence-electron chi connectivity index (χ0n) is 15.5. The zero-order chi connectivity index (χ0) is 19.3. The lowest BCUT2D eigenvalue weighted by molar-refractivity contribution is 0.0947. The number of aromatic amines is 1. The van der Waals surface area contributed by atoms with Crippen LogP contribution in [0.3, 0.4) is 0 Å². The summed E-state index contributed by atoms with van der Waals surface area (Å²) in [6.07, 6.45) is 1.68. The quantitative estimate of drug-likeness (QED) is 0.540. The third kappa shape index (κ3) is 4.01. The number of aromatic nitrogens is 3. The van der Waals surface area contributed by atoms with Crippen LogP contribution in [0.15, 0.2) is 66.9 Å². The highest BCUT2D eigenvalue weighted by atomic mass is 16.5. The van der Waals surface area contributed by atoms with E-state index in [1.165, 1.54) is 0 Å². The molecule has 0 aliphatic heterocycles. The molecule has 6 nitrogen and oxygen atoms in total. The number of H-pyrrole nitrogens is 1. The van der Waals surface area contributed by atoms with Crippen LogP contribution in [0.2, 0.25) is 0 Å². The van der Waals surface area contributed by atoms with E-state index in [0.717, 1.165) is 27.6 Å². The highest BCUT2D eigenvalue weighted by molar-refractivity contribution is 6.04. The lowest BCUT2D eigenvalue weighted by atomic mass is 10.1. The number of ether oxygens (including phenoxy) is 1. The van der Waals surface area contributed by atoms with Crippen LogP contribution < -0.4 is 10.1 Å². The number of benzene rings is 2. The summed E-state index contributed by atoms with van der Waals surface area (Å²) in [6.45, 7) is 2.80. The van der Waals surface area contributed by atoms with Crippen molar-refractivity contribution in [3.05, 3.63) is 89.2 Å². The Morgan fingerprint density at radius 2 is 1.93 bits per heavy atom. The van der Waals surface area contributed by atoms with E-state index in [2.05, 4.69) is 20.5 Å². The number of carbonyl (C=O) groups is 1. The first-order chi connectivity index (χ1) is 13.7. The second-order valence-electron chi connectivity index (χ2n) is 6.58. The molecule has 0 radical (unpaired) electrons. The van der Waals surface area contributed by atoms with Crippen molar-refractivity contribution in [1.29, 1.82) is 0 Å². The first kappa shape index (κ1) is 17.7. The Balaban J connectivity index is 1.40. The molecule has 2 N–H and O–H groups in total. The minimum atomic E-state index is -0.222. The zero-order valence-corrected chi connectivity index (χ0v) is 15.5. The maximum atomic E-state index is 12.6. The van der Waals surface area contributed by atoms with Gasteiger partial charge in [-0.05, 0) is 36.2 Å². The molecule has 1 amide bonds. The predicted molar refractivity (Wildman–Crippen MR) is 107 cm³/mol. The van der Waals surface area contributed by atoms with Crippen molar-refractivity contribution in [2.75, 3.05) is 0 Å². The molecule has 2 heterocycles. The lowest BCUT2D eigenvalue weighted by Crippen LogP contribution is -2.23. The fourth-order valence-corrected chi connectivity index (χ4v) is 2.94. The minimum Gasteiger partial charge on any atom is -0.473 e. The van der Waals surface area contributed by atoms with Gasteiger partial charge in [0.15, 0.2) is 5.69 Å². The first-order valence-corrected chi connectivity index (χ1v) is 9.03. The van der Waals surface area contributed by atoms with Crippen LogP contribution in [0.1, 0.15) is 27.2 Å². The fraction of sp³-hybridized carbons (Fsp3) is 0.136. The molecule has 4 aromatic rings. The lowest BCUT2D eigenvalue weighted by Gasteiger charge is -2.08. The van der Waals surface area contributed by atoms with E-state index in [9.17, 15) is 4.79 Å². The van der Waals surface area contributed by atoms with Gasteiger partial charge in [0.05, 0.1) is 5.52 Å². The number of aryl methyl sites for hydroxylation is 1. The van der Waals surface area contributed by atoms with Gasteiger partial charge in [0, 0.05) is 24.2 Å². The number of carbonyl (C=O) groups excluding carboxylic acids is 1. The van der Waals surface area contributed by atoms with Crippen LogP contribution in [0, 0.1) is 6.92 Å². The summed E-state index contributed by atoms with van der Waals surface area (Å²) in [5, 5.41) is 10.8. The number of nitrogens with zero attached hydrogens (tertiary/aromatic N) is 2. The molecule has 2 aromatic carbocycles. The highest BCUT2D eigenvalue weighted by Crippen LogP contribution is 2.18. The molecule has 0 bridgehead atoms. The summed E-state index contributed by atoms with van der Waals surface area (Å²) in [7, 11) is 0. The second-order valence-corrected chi connectivity index (χ2v) is 6.58.